The van der Waals surface area contributed by atoms with Crippen molar-refractivity contribution in [2.75, 3.05) is 31.5 Å². The molecule has 6 nitrogen and oxygen atoms in total. The van der Waals surface area contributed by atoms with E-state index in [0.29, 0.717) is 37.9 Å². The van der Waals surface area contributed by atoms with Crippen molar-refractivity contribution in [3.63, 3.8) is 0 Å². The van der Waals surface area contributed by atoms with Gasteiger partial charge in [-0.15, -0.1) is 0 Å². The first-order chi connectivity index (χ1) is 10.1. The normalized spacial score (nSPS) is 16.5. The Bertz CT molecular complexity index is 481. The van der Waals surface area contributed by atoms with Crippen molar-refractivity contribution >= 4 is 18.0 Å². The number of piperazine rings is 1. The molecule has 2 heterocycles. The Hall–Kier alpha value is -2.11. The lowest BCUT2D eigenvalue weighted by molar-refractivity contribution is -0.119. The number of hydrogen-bond donors (Lipinski definition) is 1. The third kappa shape index (κ3) is 3.93. The molecule has 1 N–H and O–H groups in total. The Kier molecular flexibility index (Phi) is 5.14. The van der Waals surface area contributed by atoms with E-state index in [-0.39, 0.29) is 5.91 Å². The van der Waals surface area contributed by atoms with Crippen molar-refractivity contribution in [1.82, 2.24) is 14.8 Å². The molecule has 2 amide bonds. The van der Waals surface area contributed by atoms with E-state index in [4.69, 9.17) is 0 Å². The van der Waals surface area contributed by atoms with Gasteiger partial charge in [0, 0.05) is 32.2 Å². The maximum atomic E-state index is 12.3. The van der Waals surface area contributed by atoms with Gasteiger partial charge in [-0.25, -0.2) is 4.98 Å². The van der Waals surface area contributed by atoms with Crippen LogP contribution in [0.25, 0.3) is 0 Å². The largest absolute Gasteiger partial charge is 0.381 e. The lowest BCUT2D eigenvalue weighted by Crippen LogP contribution is -2.48. The zero-order chi connectivity index (χ0) is 15.2. The molecule has 1 saturated heterocycles. The number of nitrogens with zero attached hydrogens (tertiary/aromatic N) is 3. The van der Waals surface area contributed by atoms with Crippen molar-refractivity contribution in [3.05, 3.63) is 24.0 Å². The van der Waals surface area contributed by atoms with Crippen LogP contribution in [0.3, 0.4) is 0 Å². The van der Waals surface area contributed by atoms with Crippen LogP contribution in [-0.4, -0.2) is 59.3 Å². The van der Waals surface area contributed by atoms with Crippen LogP contribution in [-0.2, 0) is 4.79 Å². The monoisotopic (exact) mass is 290 g/mol. The second kappa shape index (κ2) is 7.06. The molecule has 1 aliphatic rings. The Morgan fingerprint density at radius 3 is 2.62 bits per heavy atom. The van der Waals surface area contributed by atoms with E-state index in [2.05, 4.69) is 24.1 Å². The molecule has 1 aliphatic heterocycles. The molecule has 2 rings (SSSR count). The molecule has 1 aromatic rings. The molecule has 1 atom stereocenters. The Labute approximate surface area is 125 Å². The summed E-state index contributed by atoms with van der Waals surface area (Å²) in [5.74, 6) is -0.0735. The van der Waals surface area contributed by atoms with Crippen LogP contribution in [0.2, 0.25) is 0 Å². The van der Waals surface area contributed by atoms with E-state index in [9.17, 15) is 9.59 Å². The van der Waals surface area contributed by atoms with Gasteiger partial charge in [-0.3, -0.25) is 9.59 Å². The predicted octanol–water partition coefficient (Wildman–Crippen LogP) is 1.21. The van der Waals surface area contributed by atoms with Crippen LogP contribution in [0.5, 0.6) is 0 Å². The van der Waals surface area contributed by atoms with E-state index < -0.39 is 0 Å². The van der Waals surface area contributed by atoms with Crippen LogP contribution in [0.4, 0.5) is 5.69 Å². The third-order valence-corrected chi connectivity index (χ3v) is 3.76. The first kappa shape index (κ1) is 15.3. The molecule has 0 aliphatic carbocycles. The summed E-state index contributed by atoms with van der Waals surface area (Å²) in [5.41, 5.74) is 1.37. The van der Waals surface area contributed by atoms with Crippen molar-refractivity contribution in [1.29, 1.82) is 0 Å². The van der Waals surface area contributed by atoms with Crippen molar-refractivity contribution < 1.29 is 9.59 Å². The number of aromatic nitrogens is 1. The number of hydrogen-bond acceptors (Lipinski definition) is 4. The fraction of sp³-hybridized carbons (Fsp3) is 0.533. The highest BCUT2D eigenvalue weighted by Gasteiger charge is 2.22. The third-order valence-electron chi connectivity index (χ3n) is 3.76. The molecule has 1 unspecified atom stereocenters. The van der Waals surface area contributed by atoms with Crippen LogP contribution < -0.4 is 5.32 Å². The van der Waals surface area contributed by atoms with Gasteiger partial charge in [-0.1, -0.05) is 6.92 Å². The highest BCUT2D eigenvalue weighted by atomic mass is 16.2. The lowest BCUT2D eigenvalue weighted by Gasteiger charge is -2.32. The number of pyridine rings is 1. The first-order valence-corrected chi connectivity index (χ1v) is 7.35. The molecule has 0 aromatic carbocycles. The number of rotatable bonds is 5. The number of carbonyl (C=O) groups is 2. The van der Waals surface area contributed by atoms with Gasteiger partial charge >= 0.3 is 0 Å². The minimum Gasteiger partial charge on any atom is -0.381 e. The fourth-order valence-electron chi connectivity index (χ4n) is 2.18. The van der Waals surface area contributed by atoms with E-state index in [1.165, 1.54) is 0 Å². The maximum absolute atomic E-state index is 12.3. The van der Waals surface area contributed by atoms with E-state index in [1.807, 2.05) is 6.07 Å². The summed E-state index contributed by atoms with van der Waals surface area (Å²) in [5, 5.41) is 3.32. The van der Waals surface area contributed by atoms with Crippen molar-refractivity contribution in [3.8, 4) is 0 Å². The number of anilines is 1. The molecule has 0 bridgehead atoms. The summed E-state index contributed by atoms with van der Waals surface area (Å²) in [4.78, 5) is 30.6. The van der Waals surface area contributed by atoms with Gasteiger partial charge in [0.25, 0.3) is 5.91 Å². The molecular formula is C15H22N4O2. The van der Waals surface area contributed by atoms with Gasteiger partial charge < -0.3 is 15.1 Å². The van der Waals surface area contributed by atoms with E-state index >= 15 is 0 Å². The maximum Gasteiger partial charge on any atom is 0.272 e. The topological polar surface area (TPSA) is 65.5 Å². The molecule has 1 fully saturated rings. The molecule has 0 spiro atoms. The highest BCUT2D eigenvalue weighted by molar-refractivity contribution is 5.92. The average molecular weight is 290 g/mol. The van der Waals surface area contributed by atoms with Crippen molar-refractivity contribution in [2.45, 2.75) is 26.3 Å². The standard InChI is InChI=1S/C15H22N4O2/c1-3-12(2)17-13-4-5-14(16-10-13)15(21)19-8-6-18(11-20)7-9-19/h4-5,10-12,17H,3,6-9H2,1-2H3. The zero-order valence-corrected chi connectivity index (χ0v) is 12.6. The molecule has 0 saturated carbocycles. The first-order valence-electron chi connectivity index (χ1n) is 7.35. The molecule has 0 radical (unpaired) electrons. The average Bonchev–Trinajstić information content (AvgIpc) is 2.55. The summed E-state index contributed by atoms with van der Waals surface area (Å²) in [6.45, 7) is 6.51. The zero-order valence-electron chi connectivity index (χ0n) is 12.6. The minimum absolute atomic E-state index is 0.0735. The Morgan fingerprint density at radius 2 is 2.10 bits per heavy atom. The second-order valence-electron chi connectivity index (χ2n) is 5.32. The highest BCUT2D eigenvalue weighted by Crippen LogP contribution is 2.11. The summed E-state index contributed by atoms with van der Waals surface area (Å²) < 4.78 is 0. The lowest BCUT2D eigenvalue weighted by atomic mass is 10.2. The summed E-state index contributed by atoms with van der Waals surface area (Å²) in [7, 11) is 0. The summed E-state index contributed by atoms with van der Waals surface area (Å²) in [6, 6.07) is 4.01. The van der Waals surface area contributed by atoms with Gasteiger partial charge in [0.05, 0.1) is 11.9 Å². The fourth-order valence-corrected chi connectivity index (χ4v) is 2.18. The Morgan fingerprint density at radius 1 is 1.38 bits per heavy atom. The Balaban J connectivity index is 1.95. The van der Waals surface area contributed by atoms with E-state index in [1.54, 1.807) is 22.1 Å². The van der Waals surface area contributed by atoms with Gasteiger partial charge in [0.2, 0.25) is 6.41 Å². The van der Waals surface area contributed by atoms with Crippen LogP contribution >= 0.6 is 0 Å². The predicted molar refractivity (Wildman–Crippen MR) is 81.2 cm³/mol. The molecular weight excluding hydrogens is 268 g/mol. The molecule has 21 heavy (non-hydrogen) atoms. The summed E-state index contributed by atoms with van der Waals surface area (Å²) >= 11 is 0. The minimum atomic E-state index is -0.0735. The van der Waals surface area contributed by atoms with Gasteiger partial charge in [0.1, 0.15) is 5.69 Å². The number of amides is 2. The second-order valence-corrected chi connectivity index (χ2v) is 5.32. The van der Waals surface area contributed by atoms with Crippen LogP contribution in [0.15, 0.2) is 18.3 Å². The van der Waals surface area contributed by atoms with E-state index in [0.717, 1.165) is 18.5 Å². The summed E-state index contributed by atoms with van der Waals surface area (Å²) in [6.07, 6.45) is 3.55. The van der Waals surface area contributed by atoms with Gasteiger partial charge in [0.15, 0.2) is 0 Å². The van der Waals surface area contributed by atoms with Crippen LogP contribution in [0.1, 0.15) is 30.8 Å². The smallest absolute Gasteiger partial charge is 0.272 e. The van der Waals surface area contributed by atoms with Crippen molar-refractivity contribution in [2.24, 2.45) is 0 Å². The van der Waals surface area contributed by atoms with Crippen LogP contribution in [0, 0.1) is 0 Å². The SMILES string of the molecule is CCC(C)Nc1ccc(C(=O)N2CCN(C=O)CC2)nc1. The molecule has 1 aromatic heterocycles. The molecule has 114 valence electrons. The molecule has 6 heteroatoms. The number of nitrogens with one attached hydrogen (secondary N) is 1. The van der Waals surface area contributed by atoms with Gasteiger partial charge in [-0.2, -0.15) is 0 Å². The van der Waals surface area contributed by atoms with Gasteiger partial charge in [-0.05, 0) is 25.5 Å². The number of carbonyl (C=O) groups excluding carboxylic acids is 2. The quantitative estimate of drug-likeness (QED) is 0.828.